The van der Waals surface area contributed by atoms with Crippen molar-refractivity contribution in [2.45, 2.75) is 20.3 Å². The zero-order valence-electron chi connectivity index (χ0n) is 7.61. The fourth-order valence-corrected chi connectivity index (χ4v) is 1.62. The number of hydrogen-bond acceptors (Lipinski definition) is 4. The van der Waals surface area contributed by atoms with Gasteiger partial charge in [0.1, 0.15) is 0 Å². The Hall–Kier alpha value is -1.16. The van der Waals surface area contributed by atoms with Gasteiger partial charge in [-0.2, -0.15) is 0 Å². The highest BCUT2D eigenvalue weighted by atomic mass is 32.1. The van der Waals surface area contributed by atoms with Crippen LogP contribution in [-0.2, 0) is 16.1 Å². The second-order valence-electron chi connectivity index (χ2n) is 2.67. The van der Waals surface area contributed by atoms with Gasteiger partial charge in [-0.1, -0.05) is 11.2 Å². The second-order valence-corrected chi connectivity index (χ2v) is 3.70. The summed E-state index contributed by atoms with van der Waals surface area (Å²) >= 11 is 1.66. The van der Waals surface area contributed by atoms with Crippen LogP contribution in [0.3, 0.4) is 0 Å². The molecule has 0 amide bonds. The van der Waals surface area contributed by atoms with Gasteiger partial charge in [-0.3, -0.25) is 0 Å². The molecule has 0 saturated carbocycles. The maximum atomic E-state index is 10.4. The highest BCUT2D eigenvalue weighted by molar-refractivity contribution is 7.10. The zero-order chi connectivity index (χ0) is 9.68. The first-order valence-corrected chi connectivity index (χ1v) is 4.80. The van der Waals surface area contributed by atoms with Crippen molar-refractivity contribution >= 4 is 23.0 Å². The third-order valence-electron chi connectivity index (χ3n) is 1.34. The van der Waals surface area contributed by atoms with Crippen LogP contribution in [0.2, 0.25) is 0 Å². The van der Waals surface area contributed by atoms with E-state index in [1.165, 1.54) is 11.8 Å². The van der Waals surface area contributed by atoms with Gasteiger partial charge in [0.05, 0.1) is 5.71 Å². The average molecular weight is 197 g/mol. The van der Waals surface area contributed by atoms with Gasteiger partial charge >= 0.3 is 5.97 Å². The summed E-state index contributed by atoms with van der Waals surface area (Å²) in [7, 11) is 0. The van der Waals surface area contributed by atoms with E-state index in [-0.39, 0.29) is 5.97 Å². The highest BCUT2D eigenvalue weighted by Crippen LogP contribution is 2.09. The molecule has 0 atom stereocenters. The van der Waals surface area contributed by atoms with Crippen LogP contribution in [0.4, 0.5) is 0 Å². The standard InChI is InChI=1S/C9H11NO2S/c1-7(10-12-8(2)11)6-9-4-3-5-13-9/h3-5H,6H2,1-2H3/b10-7-. The van der Waals surface area contributed by atoms with Crippen molar-refractivity contribution in [1.82, 2.24) is 0 Å². The number of nitrogens with zero attached hydrogens (tertiary/aromatic N) is 1. The lowest BCUT2D eigenvalue weighted by molar-refractivity contribution is -0.140. The van der Waals surface area contributed by atoms with E-state index in [2.05, 4.69) is 9.99 Å². The van der Waals surface area contributed by atoms with E-state index in [4.69, 9.17) is 0 Å². The quantitative estimate of drug-likeness (QED) is 0.423. The minimum atomic E-state index is -0.384. The molecule has 1 aromatic heterocycles. The minimum absolute atomic E-state index is 0.384. The van der Waals surface area contributed by atoms with E-state index in [0.717, 1.165) is 12.1 Å². The van der Waals surface area contributed by atoms with Crippen LogP contribution < -0.4 is 0 Å². The van der Waals surface area contributed by atoms with E-state index < -0.39 is 0 Å². The molecule has 0 N–H and O–H groups in total. The smallest absolute Gasteiger partial charge is 0.319 e. The topological polar surface area (TPSA) is 38.7 Å². The van der Waals surface area contributed by atoms with Crippen LogP contribution >= 0.6 is 11.3 Å². The van der Waals surface area contributed by atoms with Crippen LogP contribution in [0.5, 0.6) is 0 Å². The highest BCUT2D eigenvalue weighted by Gasteiger charge is 1.98. The summed E-state index contributed by atoms with van der Waals surface area (Å²) in [6.45, 7) is 3.17. The predicted octanol–water partition coefficient (Wildman–Crippen LogP) is 2.23. The Kier molecular flexibility index (Phi) is 3.64. The first kappa shape index (κ1) is 9.92. The molecule has 0 aliphatic carbocycles. The van der Waals surface area contributed by atoms with E-state index in [0.29, 0.717) is 0 Å². The molecule has 0 saturated heterocycles. The molecule has 1 heterocycles. The minimum Gasteiger partial charge on any atom is -0.319 e. The van der Waals surface area contributed by atoms with Crippen molar-refractivity contribution in [2.75, 3.05) is 0 Å². The number of rotatable bonds is 3. The van der Waals surface area contributed by atoms with Gasteiger partial charge in [-0.05, 0) is 18.4 Å². The monoisotopic (exact) mass is 197 g/mol. The Morgan fingerprint density at radius 3 is 2.92 bits per heavy atom. The number of thiophene rings is 1. The SMILES string of the molecule is CC(=O)O/N=C(/C)Cc1cccs1. The van der Waals surface area contributed by atoms with Gasteiger partial charge in [-0.25, -0.2) is 4.79 Å². The van der Waals surface area contributed by atoms with Crippen LogP contribution in [0.1, 0.15) is 18.7 Å². The molecule has 0 radical (unpaired) electrons. The number of carbonyl (C=O) groups excluding carboxylic acids is 1. The Balaban J connectivity index is 2.45. The van der Waals surface area contributed by atoms with Gasteiger partial charge in [0.2, 0.25) is 0 Å². The van der Waals surface area contributed by atoms with Crippen molar-refractivity contribution in [3.05, 3.63) is 22.4 Å². The van der Waals surface area contributed by atoms with Crippen molar-refractivity contribution < 1.29 is 9.63 Å². The first-order chi connectivity index (χ1) is 6.18. The van der Waals surface area contributed by atoms with E-state index in [9.17, 15) is 4.79 Å². The first-order valence-electron chi connectivity index (χ1n) is 3.92. The number of oxime groups is 1. The molecule has 0 fully saturated rings. The number of carbonyl (C=O) groups is 1. The Morgan fingerprint density at radius 1 is 1.62 bits per heavy atom. The van der Waals surface area contributed by atoms with Crippen LogP contribution in [0.15, 0.2) is 22.7 Å². The van der Waals surface area contributed by atoms with Crippen LogP contribution in [-0.4, -0.2) is 11.7 Å². The normalized spacial score (nSPS) is 11.4. The van der Waals surface area contributed by atoms with Gasteiger partial charge in [0.15, 0.2) is 0 Å². The molecule has 1 rings (SSSR count). The van der Waals surface area contributed by atoms with Gasteiger partial charge in [0.25, 0.3) is 0 Å². The molecule has 3 nitrogen and oxygen atoms in total. The Bertz CT molecular complexity index is 303. The lowest BCUT2D eigenvalue weighted by Gasteiger charge is -1.96. The van der Waals surface area contributed by atoms with Crippen molar-refractivity contribution in [3.63, 3.8) is 0 Å². The molecule has 0 bridgehead atoms. The van der Waals surface area contributed by atoms with Crippen molar-refractivity contribution in [2.24, 2.45) is 5.16 Å². The third kappa shape index (κ3) is 3.85. The number of hydrogen-bond donors (Lipinski definition) is 0. The third-order valence-corrected chi connectivity index (χ3v) is 2.22. The molecule has 0 aliphatic heterocycles. The molecule has 0 unspecified atom stereocenters. The zero-order valence-corrected chi connectivity index (χ0v) is 8.43. The molecule has 1 aromatic rings. The van der Waals surface area contributed by atoms with Crippen LogP contribution in [0.25, 0.3) is 0 Å². The van der Waals surface area contributed by atoms with Crippen molar-refractivity contribution in [3.8, 4) is 0 Å². The Morgan fingerprint density at radius 2 is 2.38 bits per heavy atom. The van der Waals surface area contributed by atoms with E-state index in [1.807, 2.05) is 24.4 Å². The Labute approximate surface area is 81.0 Å². The summed E-state index contributed by atoms with van der Waals surface area (Å²) in [5, 5.41) is 5.68. The van der Waals surface area contributed by atoms with Gasteiger partial charge < -0.3 is 4.84 Å². The maximum Gasteiger partial charge on any atom is 0.331 e. The summed E-state index contributed by atoms with van der Waals surface area (Å²) < 4.78 is 0. The summed E-state index contributed by atoms with van der Waals surface area (Å²) in [5.74, 6) is -0.384. The molecule has 13 heavy (non-hydrogen) atoms. The molecular weight excluding hydrogens is 186 g/mol. The molecular formula is C9H11NO2S. The lowest BCUT2D eigenvalue weighted by Crippen LogP contribution is -1.99. The maximum absolute atomic E-state index is 10.4. The summed E-state index contributed by atoms with van der Waals surface area (Å²) in [4.78, 5) is 16.1. The molecule has 0 spiro atoms. The molecule has 0 aliphatic rings. The predicted molar refractivity (Wildman–Crippen MR) is 52.9 cm³/mol. The average Bonchev–Trinajstić information content (AvgIpc) is 2.53. The van der Waals surface area contributed by atoms with Gasteiger partial charge in [0, 0.05) is 18.2 Å². The molecule has 0 aromatic carbocycles. The summed E-state index contributed by atoms with van der Waals surface area (Å²) in [6, 6.07) is 4.01. The van der Waals surface area contributed by atoms with Crippen molar-refractivity contribution in [1.29, 1.82) is 0 Å². The van der Waals surface area contributed by atoms with E-state index in [1.54, 1.807) is 11.3 Å². The van der Waals surface area contributed by atoms with Gasteiger partial charge in [-0.15, -0.1) is 11.3 Å². The fourth-order valence-electron chi connectivity index (χ4n) is 0.840. The van der Waals surface area contributed by atoms with E-state index >= 15 is 0 Å². The fraction of sp³-hybridized carbons (Fsp3) is 0.333. The van der Waals surface area contributed by atoms with Crippen LogP contribution in [0, 0.1) is 0 Å². The summed E-state index contributed by atoms with van der Waals surface area (Å²) in [6.07, 6.45) is 0.741. The lowest BCUT2D eigenvalue weighted by atomic mass is 10.2. The summed E-state index contributed by atoms with van der Waals surface area (Å²) in [5.41, 5.74) is 0.803. The largest absolute Gasteiger partial charge is 0.331 e. The molecule has 4 heteroatoms. The molecule has 70 valence electrons. The second kappa shape index (κ2) is 4.77.